The van der Waals surface area contributed by atoms with E-state index in [1.807, 2.05) is 0 Å². The Balaban J connectivity index is 1.12. The molecule has 2 heterocycles. The van der Waals surface area contributed by atoms with Crippen LogP contribution in [0.2, 0.25) is 0 Å². The number of aliphatic hydroxyl groups excluding tert-OH is 6. The second-order valence-electron chi connectivity index (χ2n) is 20.7. The van der Waals surface area contributed by atoms with Gasteiger partial charge in [0.1, 0.15) is 36.6 Å². The van der Waals surface area contributed by atoms with Gasteiger partial charge in [0.25, 0.3) is 0 Å². The van der Waals surface area contributed by atoms with Crippen molar-refractivity contribution < 1.29 is 49.6 Å². The summed E-state index contributed by atoms with van der Waals surface area (Å²) in [6.45, 7) is 21.3. The molecular formula is C42H72O10. The van der Waals surface area contributed by atoms with Crippen molar-refractivity contribution in [2.75, 3.05) is 6.61 Å². The van der Waals surface area contributed by atoms with Crippen LogP contribution in [-0.4, -0.2) is 105 Å². The van der Waals surface area contributed by atoms with Crippen LogP contribution in [0.1, 0.15) is 127 Å². The Morgan fingerprint density at radius 3 is 1.87 bits per heavy atom. The molecule has 7 fully saturated rings. The van der Waals surface area contributed by atoms with Crippen molar-refractivity contribution in [3.63, 3.8) is 0 Å². The van der Waals surface area contributed by atoms with Gasteiger partial charge in [0.05, 0.1) is 24.9 Å². The number of hydrogen-bond acceptors (Lipinski definition) is 10. The molecule has 52 heavy (non-hydrogen) atoms. The van der Waals surface area contributed by atoms with Gasteiger partial charge in [0.15, 0.2) is 12.6 Å². The van der Waals surface area contributed by atoms with Gasteiger partial charge in [0.2, 0.25) is 0 Å². The minimum absolute atomic E-state index is 0.00100. The Morgan fingerprint density at radius 2 is 1.23 bits per heavy atom. The van der Waals surface area contributed by atoms with Crippen molar-refractivity contribution in [3.05, 3.63) is 0 Å². The third-order valence-electron chi connectivity index (χ3n) is 17.9. The molecule has 0 aromatic heterocycles. The van der Waals surface area contributed by atoms with Gasteiger partial charge in [-0.3, -0.25) is 0 Å². The molecule has 5 aliphatic carbocycles. The molecule has 2 aliphatic heterocycles. The van der Waals surface area contributed by atoms with Crippen LogP contribution in [0.5, 0.6) is 0 Å². The van der Waals surface area contributed by atoms with Crippen LogP contribution in [0.3, 0.4) is 0 Å². The van der Waals surface area contributed by atoms with E-state index < -0.39 is 61.4 Å². The monoisotopic (exact) mass is 737 g/mol. The van der Waals surface area contributed by atoms with Gasteiger partial charge in [-0.05, 0) is 141 Å². The number of hydrogen-bond donors (Lipinski definition) is 6. The van der Waals surface area contributed by atoms with E-state index in [4.69, 9.17) is 18.9 Å². The zero-order valence-electron chi connectivity index (χ0n) is 33.4. The van der Waals surface area contributed by atoms with Gasteiger partial charge in [-0.15, -0.1) is 0 Å². The standard InChI is InChI=1S/C42H72O10/c1-21(2)24-12-17-42(20-49-36-34(47)32(45)30(43)22(3)50-36)19-18-40(8)25(29(24)42)10-11-27-39(7)15-14-28(38(5,6)26(39)13-16-41(27,40)9)52-37-35(48)33(46)31(44)23(4)51-37/h21-37,43-48H,10-20H2,1-9H3/t22-,23-,24-,25+,26-,27+,28-,29+,30-,31-,32+,33+,34+,35+,36+,37-,39-,40+,41+,42+/m0/s1. The molecule has 20 atom stereocenters. The number of fused-ring (bicyclic) bond motifs is 7. The molecule has 6 N–H and O–H groups in total. The summed E-state index contributed by atoms with van der Waals surface area (Å²) >= 11 is 0. The highest BCUT2D eigenvalue weighted by atomic mass is 16.7. The van der Waals surface area contributed by atoms with Crippen LogP contribution in [-0.2, 0) is 18.9 Å². The van der Waals surface area contributed by atoms with Crippen molar-refractivity contribution in [1.29, 1.82) is 0 Å². The largest absolute Gasteiger partial charge is 0.388 e. The summed E-state index contributed by atoms with van der Waals surface area (Å²) in [4.78, 5) is 0. The molecule has 10 heteroatoms. The molecule has 0 aromatic carbocycles. The molecule has 300 valence electrons. The van der Waals surface area contributed by atoms with Gasteiger partial charge >= 0.3 is 0 Å². The lowest BCUT2D eigenvalue weighted by Crippen LogP contribution is -2.67. The average molecular weight is 737 g/mol. The predicted octanol–water partition coefficient (Wildman–Crippen LogP) is 4.78. The Kier molecular flexibility index (Phi) is 10.4. The summed E-state index contributed by atoms with van der Waals surface area (Å²) in [6.07, 6.45) is 0.436. The molecule has 7 aliphatic rings. The maximum absolute atomic E-state index is 10.8. The quantitative estimate of drug-likeness (QED) is 0.210. The molecule has 0 bridgehead atoms. The summed E-state index contributed by atoms with van der Waals surface area (Å²) in [5, 5.41) is 63.2. The van der Waals surface area contributed by atoms with Gasteiger partial charge in [0, 0.05) is 0 Å². The first-order valence-corrected chi connectivity index (χ1v) is 20.9. The minimum atomic E-state index is -1.30. The van der Waals surface area contributed by atoms with Crippen LogP contribution >= 0.6 is 0 Å². The Labute approximate surface area is 312 Å². The molecule has 0 aromatic rings. The zero-order valence-corrected chi connectivity index (χ0v) is 33.4. The first-order valence-electron chi connectivity index (χ1n) is 20.9. The molecular weight excluding hydrogens is 664 g/mol. The molecule has 5 saturated carbocycles. The lowest BCUT2D eigenvalue weighted by molar-refractivity contribution is -0.327. The maximum atomic E-state index is 10.8. The second-order valence-corrected chi connectivity index (χ2v) is 20.7. The zero-order chi connectivity index (χ0) is 37.9. The third-order valence-corrected chi connectivity index (χ3v) is 17.9. The van der Waals surface area contributed by atoms with Gasteiger partial charge in [-0.1, -0.05) is 48.5 Å². The SMILES string of the molecule is CC(C)[C@@H]1CC[C@]2(CO[C@@H]3O[C@@H](C)[C@H](O)[C@@H](O)[C@H]3O)CC[C@]3(C)[C@H](CC[C@@H]4[C@@]5(C)CC[C@H](O[C@@H]6O[C@@H](C)[C@H](O)[C@@H](O)[C@H]6O)C(C)(C)[C@@H]5CC[C@]43C)[C@@H]12. The molecule has 7 rings (SSSR count). The van der Waals surface area contributed by atoms with E-state index >= 15 is 0 Å². The average Bonchev–Trinajstić information content (AvgIpc) is 3.48. The van der Waals surface area contributed by atoms with E-state index in [-0.39, 0.29) is 33.2 Å². The smallest absolute Gasteiger partial charge is 0.186 e. The lowest BCUT2D eigenvalue weighted by atomic mass is 9.32. The fourth-order valence-corrected chi connectivity index (χ4v) is 14.7. The summed E-state index contributed by atoms with van der Waals surface area (Å²) in [6, 6.07) is 0. The van der Waals surface area contributed by atoms with Crippen LogP contribution in [0.4, 0.5) is 0 Å². The van der Waals surface area contributed by atoms with Crippen molar-refractivity contribution in [2.24, 2.45) is 62.6 Å². The summed E-state index contributed by atoms with van der Waals surface area (Å²) in [5.41, 5.74) is 0.329. The highest BCUT2D eigenvalue weighted by Gasteiger charge is 2.71. The van der Waals surface area contributed by atoms with Crippen molar-refractivity contribution in [2.45, 2.75) is 194 Å². The highest BCUT2D eigenvalue weighted by Crippen LogP contribution is 2.77. The maximum Gasteiger partial charge on any atom is 0.186 e. The summed E-state index contributed by atoms with van der Waals surface area (Å²) in [5.74, 6) is 3.28. The van der Waals surface area contributed by atoms with Gasteiger partial charge in [-0.25, -0.2) is 0 Å². The third kappa shape index (κ3) is 5.76. The number of aliphatic hydroxyl groups is 6. The molecule has 0 amide bonds. The van der Waals surface area contributed by atoms with Crippen LogP contribution < -0.4 is 0 Å². The van der Waals surface area contributed by atoms with Crippen LogP contribution in [0.15, 0.2) is 0 Å². The fraction of sp³-hybridized carbons (Fsp3) is 1.00. The van der Waals surface area contributed by atoms with E-state index in [0.29, 0.717) is 42.1 Å². The van der Waals surface area contributed by atoms with E-state index in [0.717, 1.165) is 38.5 Å². The summed E-state index contributed by atoms with van der Waals surface area (Å²) in [7, 11) is 0. The van der Waals surface area contributed by atoms with E-state index in [2.05, 4.69) is 48.5 Å². The van der Waals surface area contributed by atoms with Crippen molar-refractivity contribution in [1.82, 2.24) is 0 Å². The second kappa shape index (κ2) is 13.6. The van der Waals surface area contributed by atoms with Crippen LogP contribution in [0, 0.1) is 62.6 Å². The normalized spacial score (nSPS) is 57.5. The van der Waals surface area contributed by atoms with E-state index in [1.54, 1.807) is 13.8 Å². The van der Waals surface area contributed by atoms with Gasteiger partial charge < -0.3 is 49.6 Å². The number of ether oxygens (including phenoxy) is 4. The summed E-state index contributed by atoms with van der Waals surface area (Å²) < 4.78 is 24.9. The Hall–Kier alpha value is -0.400. The Morgan fingerprint density at radius 1 is 0.615 bits per heavy atom. The fourth-order valence-electron chi connectivity index (χ4n) is 14.7. The van der Waals surface area contributed by atoms with Gasteiger partial charge in [-0.2, -0.15) is 0 Å². The van der Waals surface area contributed by atoms with E-state index in [9.17, 15) is 30.6 Å². The molecule has 2 saturated heterocycles. The van der Waals surface area contributed by atoms with Crippen LogP contribution in [0.25, 0.3) is 0 Å². The van der Waals surface area contributed by atoms with E-state index in [1.165, 1.54) is 25.7 Å². The Bertz CT molecular complexity index is 1300. The highest BCUT2D eigenvalue weighted by molar-refractivity contribution is 5.19. The molecule has 10 nitrogen and oxygen atoms in total. The molecule has 0 spiro atoms. The van der Waals surface area contributed by atoms with Crippen molar-refractivity contribution in [3.8, 4) is 0 Å². The molecule has 0 unspecified atom stereocenters. The lowest BCUT2D eigenvalue weighted by Gasteiger charge is -2.73. The topological polar surface area (TPSA) is 158 Å². The molecule has 0 radical (unpaired) electrons. The number of rotatable bonds is 6. The van der Waals surface area contributed by atoms with Crippen molar-refractivity contribution >= 4 is 0 Å². The first kappa shape index (κ1) is 39.8. The minimum Gasteiger partial charge on any atom is -0.388 e. The predicted molar refractivity (Wildman–Crippen MR) is 195 cm³/mol. The first-order chi connectivity index (χ1) is 24.2.